The van der Waals surface area contributed by atoms with E-state index < -0.39 is 0 Å². The van der Waals surface area contributed by atoms with Crippen molar-refractivity contribution in [1.82, 2.24) is 20.0 Å². The van der Waals surface area contributed by atoms with Crippen molar-refractivity contribution in [1.29, 1.82) is 0 Å². The number of hydrogen-bond acceptors (Lipinski definition) is 3. The monoisotopic (exact) mass is 364 g/mol. The van der Waals surface area contributed by atoms with Gasteiger partial charge in [-0.05, 0) is 59.3 Å². The highest BCUT2D eigenvalue weighted by Crippen LogP contribution is 2.27. The van der Waals surface area contributed by atoms with Crippen molar-refractivity contribution in [2.75, 3.05) is 32.7 Å². The Labute approximate surface area is 158 Å². The Morgan fingerprint density at radius 3 is 2.12 bits per heavy atom. The smallest absolute Gasteiger partial charge is 0.317 e. The number of rotatable bonds is 3. The van der Waals surface area contributed by atoms with Crippen LogP contribution in [0, 0.1) is 5.92 Å². The summed E-state index contributed by atoms with van der Waals surface area (Å²) in [6.45, 7) is 11.1. The molecule has 2 heterocycles. The molecule has 1 atom stereocenters. The van der Waals surface area contributed by atoms with Crippen LogP contribution in [-0.2, 0) is 4.79 Å². The minimum absolute atomic E-state index is 0.0922. The molecule has 3 rings (SSSR count). The van der Waals surface area contributed by atoms with Crippen molar-refractivity contribution >= 4 is 11.9 Å². The number of urea groups is 1. The normalized spacial score (nSPS) is 30.7. The van der Waals surface area contributed by atoms with E-state index in [9.17, 15) is 9.59 Å². The molecule has 148 valence electrons. The highest BCUT2D eigenvalue weighted by atomic mass is 16.2. The molecule has 0 spiro atoms. The van der Waals surface area contributed by atoms with Gasteiger partial charge in [-0.15, -0.1) is 0 Å². The van der Waals surface area contributed by atoms with Gasteiger partial charge in [0.2, 0.25) is 5.91 Å². The number of nitrogens with one attached hydrogen (secondary N) is 1. The number of amides is 3. The van der Waals surface area contributed by atoms with Gasteiger partial charge in [-0.2, -0.15) is 0 Å². The van der Waals surface area contributed by atoms with Gasteiger partial charge < -0.3 is 15.1 Å². The molecule has 6 heteroatoms. The number of piperazine rings is 1. The van der Waals surface area contributed by atoms with Crippen LogP contribution in [-0.4, -0.2) is 77.5 Å². The molecule has 0 radical (unpaired) electrons. The molecule has 1 N–H and O–H groups in total. The third-order valence-corrected chi connectivity index (χ3v) is 6.57. The topological polar surface area (TPSA) is 55.9 Å². The zero-order valence-electron chi connectivity index (χ0n) is 16.7. The van der Waals surface area contributed by atoms with Crippen molar-refractivity contribution in [3.05, 3.63) is 0 Å². The maximum Gasteiger partial charge on any atom is 0.317 e. The molecular formula is C20H36N4O2. The predicted molar refractivity (Wildman–Crippen MR) is 103 cm³/mol. The fraction of sp³-hybridized carbons (Fsp3) is 0.900. The number of nitrogens with zero attached hydrogens (tertiary/aromatic N) is 3. The van der Waals surface area contributed by atoms with Gasteiger partial charge >= 0.3 is 6.03 Å². The molecule has 0 aromatic carbocycles. The molecule has 3 fully saturated rings. The Morgan fingerprint density at radius 2 is 1.58 bits per heavy atom. The van der Waals surface area contributed by atoms with Gasteiger partial charge in [0.05, 0.1) is 0 Å². The van der Waals surface area contributed by atoms with Gasteiger partial charge in [-0.3, -0.25) is 9.69 Å². The van der Waals surface area contributed by atoms with Crippen LogP contribution in [0.2, 0.25) is 0 Å². The summed E-state index contributed by atoms with van der Waals surface area (Å²) in [5.41, 5.74) is 0. The quantitative estimate of drug-likeness (QED) is 0.836. The molecule has 6 nitrogen and oxygen atoms in total. The van der Waals surface area contributed by atoms with Crippen molar-refractivity contribution in [3.8, 4) is 0 Å². The average Bonchev–Trinajstić information content (AvgIpc) is 3.08. The maximum atomic E-state index is 12.8. The van der Waals surface area contributed by atoms with Gasteiger partial charge in [-0.1, -0.05) is 0 Å². The second-order valence-electron chi connectivity index (χ2n) is 8.64. The highest BCUT2D eigenvalue weighted by molar-refractivity contribution is 5.79. The lowest BCUT2D eigenvalue weighted by atomic mass is 9.85. The first kappa shape index (κ1) is 19.5. The Kier molecular flexibility index (Phi) is 6.43. The summed E-state index contributed by atoms with van der Waals surface area (Å²) < 4.78 is 0. The first-order chi connectivity index (χ1) is 12.5. The first-order valence-corrected chi connectivity index (χ1v) is 10.6. The fourth-order valence-corrected chi connectivity index (χ4v) is 4.69. The lowest BCUT2D eigenvalue weighted by Gasteiger charge is -2.39. The molecule has 1 unspecified atom stereocenters. The Hall–Kier alpha value is -1.30. The summed E-state index contributed by atoms with van der Waals surface area (Å²) >= 11 is 0. The second-order valence-corrected chi connectivity index (χ2v) is 8.64. The molecule has 26 heavy (non-hydrogen) atoms. The second kappa shape index (κ2) is 8.59. The maximum absolute atomic E-state index is 12.8. The standard InChI is InChI=1S/C20H36N4O2/c1-15(2)22-11-13-23(14-12-22)19(25)17-6-8-18(9-7-17)21-20(26)24-10-4-5-16(24)3/h15-18H,4-14H2,1-3H3,(H,21,26). The van der Waals surface area contributed by atoms with E-state index in [-0.39, 0.29) is 18.0 Å². The predicted octanol–water partition coefficient (Wildman–Crippen LogP) is 2.29. The number of likely N-dealkylation sites (tertiary alicyclic amines) is 1. The summed E-state index contributed by atoms with van der Waals surface area (Å²) in [6.07, 6.45) is 5.89. The first-order valence-electron chi connectivity index (χ1n) is 10.6. The average molecular weight is 365 g/mol. The number of hydrogen-bond donors (Lipinski definition) is 1. The Morgan fingerprint density at radius 1 is 0.923 bits per heavy atom. The minimum atomic E-state index is 0.0922. The van der Waals surface area contributed by atoms with Gasteiger partial charge in [0.15, 0.2) is 0 Å². The molecule has 3 aliphatic rings. The lowest BCUT2D eigenvalue weighted by molar-refractivity contribution is -0.138. The van der Waals surface area contributed by atoms with Gasteiger partial charge in [0.1, 0.15) is 0 Å². The number of carbonyl (C=O) groups excluding carboxylic acids is 2. The van der Waals surface area contributed by atoms with Crippen LogP contribution in [0.5, 0.6) is 0 Å². The van der Waals surface area contributed by atoms with Crippen molar-refractivity contribution in [2.45, 2.75) is 77.4 Å². The van der Waals surface area contributed by atoms with E-state index in [4.69, 9.17) is 0 Å². The van der Waals surface area contributed by atoms with E-state index in [1.165, 1.54) is 0 Å². The van der Waals surface area contributed by atoms with Crippen LogP contribution < -0.4 is 5.32 Å². The van der Waals surface area contributed by atoms with E-state index in [1.54, 1.807) is 0 Å². The van der Waals surface area contributed by atoms with Crippen LogP contribution in [0.4, 0.5) is 4.79 Å². The van der Waals surface area contributed by atoms with Crippen LogP contribution in [0.25, 0.3) is 0 Å². The van der Waals surface area contributed by atoms with Gasteiger partial charge in [0.25, 0.3) is 0 Å². The van der Waals surface area contributed by atoms with Gasteiger partial charge in [0, 0.05) is 56.8 Å². The van der Waals surface area contributed by atoms with Crippen molar-refractivity contribution in [2.24, 2.45) is 5.92 Å². The van der Waals surface area contributed by atoms with Crippen LogP contribution in [0.1, 0.15) is 59.3 Å². The molecule has 0 bridgehead atoms. The summed E-state index contributed by atoms with van der Waals surface area (Å²) in [6, 6.07) is 1.24. The Bertz CT molecular complexity index is 494. The molecule has 1 aliphatic carbocycles. The minimum Gasteiger partial charge on any atom is -0.340 e. The SMILES string of the molecule is CC(C)N1CCN(C(=O)C2CCC(NC(=O)N3CCCC3C)CC2)CC1. The lowest BCUT2D eigenvalue weighted by Crippen LogP contribution is -2.53. The van der Waals surface area contributed by atoms with Crippen molar-refractivity contribution < 1.29 is 9.59 Å². The zero-order chi connectivity index (χ0) is 18.7. The highest BCUT2D eigenvalue weighted by Gasteiger charge is 2.33. The fourth-order valence-electron chi connectivity index (χ4n) is 4.69. The van der Waals surface area contributed by atoms with E-state index in [0.29, 0.717) is 18.0 Å². The molecule has 0 aromatic rings. The van der Waals surface area contributed by atoms with Gasteiger partial charge in [-0.25, -0.2) is 4.79 Å². The van der Waals surface area contributed by atoms with Crippen molar-refractivity contribution in [3.63, 3.8) is 0 Å². The van der Waals surface area contributed by atoms with E-state index >= 15 is 0 Å². The summed E-state index contributed by atoms with van der Waals surface area (Å²) in [7, 11) is 0. The zero-order valence-corrected chi connectivity index (χ0v) is 16.7. The third-order valence-electron chi connectivity index (χ3n) is 6.57. The summed E-state index contributed by atoms with van der Waals surface area (Å²) in [5, 5.41) is 3.20. The van der Waals surface area contributed by atoms with E-state index in [1.807, 2.05) is 4.90 Å². The van der Waals surface area contributed by atoms with Crippen LogP contribution in [0.15, 0.2) is 0 Å². The molecule has 3 amide bonds. The molecule has 2 saturated heterocycles. The van der Waals surface area contributed by atoms with Crippen LogP contribution in [0.3, 0.4) is 0 Å². The summed E-state index contributed by atoms with van der Waals surface area (Å²) in [5.74, 6) is 0.491. The van der Waals surface area contributed by atoms with Crippen LogP contribution >= 0.6 is 0 Å². The molecule has 0 aromatic heterocycles. The third kappa shape index (κ3) is 4.51. The summed E-state index contributed by atoms with van der Waals surface area (Å²) in [4.78, 5) is 31.7. The number of carbonyl (C=O) groups is 2. The molecule has 1 saturated carbocycles. The largest absolute Gasteiger partial charge is 0.340 e. The van der Waals surface area contributed by atoms with E-state index in [0.717, 1.165) is 71.2 Å². The molecule has 2 aliphatic heterocycles. The van der Waals surface area contributed by atoms with E-state index in [2.05, 4.69) is 35.9 Å². The Balaban J connectivity index is 1.41. The molecular weight excluding hydrogens is 328 g/mol.